The molecular weight excluding hydrogens is 330 g/mol. The third-order valence-corrected chi connectivity index (χ3v) is 4.60. The first-order valence-electron chi connectivity index (χ1n) is 7.35. The van der Waals surface area contributed by atoms with Gasteiger partial charge in [0.05, 0.1) is 4.90 Å². The third kappa shape index (κ3) is 2.85. The first-order valence-corrected chi connectivity index (χ1v) is 8.79. The molecule has 0 bridgehead atoms. The molecule has 0 atom stereocenters. The minimum atomic E-state index is -4.31. The molecule has 1 aromatic heterocycles. The molecule has 24 heavy (non-hydrogen) atoms. The summed E-state index contributed by atoms with van der Waals surface area (Å²) in [5, 5.41) is 19.0. The van der Waals surface area contributed by atoms with Gasteiger partial charge in [0.2, 0.25) is 0 Å². The SMILES string of the molecule is Cc1cc(C(C)C)c(O)c(-n2nc3ccc(S(=O)(=O)O)cc3n2)c1. The second-order valence-electron chi connectivity index (χ2n) is 5.99. The summed E-state index contributed by atoms with van der Waals surface area (Å²) >= 11 is 0. The average Bonchev–Trinajstić information content (AvgIpc) is 2.90. The molecular formula is C16H17N3O4S. The number of rotatable bonds is 3. The lowest BCUT2D eigenvalue weighted by Crippen LogP contribution is -2.02. The highest BCUT2D eigenvalue weighted by Gasteiger charge is 2.17. The minimum absolute atomic E-state index is 0.0888. The molecule has 3 rings (SSSR count). The second-order valence-corrected chi connectivity index (χ2v) is 7.41. The summed E-state index contributed by atoms with van der Waals surface area (Å²) in [5.74, 6) is 0.214. The number of benzene rings is 2. The molecule has 2 aromatic carbocycles. The molecule has 0 radical (unpaired) electrons. The molecule has 0 fully saturated rings. The van der Waals surface area contributed by atoms with Crippen LogP contribution in [0.2, 0.25) is 0 Å². The average molecular weight is 347 g/mol. The van der Waals surface area contributed by atoms with E-state index in [2.05, 4.69) is 10.2 Å². The third-order valence-electron chi connectivity index (χ3n) is 3.75. The van der Waals surface area contributed by atoms with Crippen LogP contribution in [0.5, 0.6) is 5.75 Å². The zero-order chi connectivity index (χ0) is 17.6. The summed E-state index contributed by atoms with van der Waals surface area (Å²) in [5.41, 5.74) is 2.91. The van der Waals surface area contributed by atoms with E-state index in [0.717, 1.165) is 11.1 Å². The molecule has 2 N–H and O–H groups in total. The Hall–Kier alpha value is -2.45. The standard InChI is InChI=1S/C16H17N3O4S/c1-9(2)12-6-10(3)7-15(16(12)20)19-17-13-5-4-11(24(21,22)23)8-14(13)18-19/h4-9,20H,1-3H3,(H,21,22,23). The molecule has 0 aliphatic heterocycles. The Morgan fingerprint density at radius 1 is 1.08 bits per heavy atom. The Morgan fingerprint density at radius 3 is 2.38 bits per heavy atom. The molecule has 0 aliphatic rings. The Balaban J connectivity index is 2.20. The molecule has 0 saturated heterocycles. The molecule has 7 nitrogen and oxygen atoms in total. The fraction of sp³-hybridized carbons (Fsp3) is 0.250. The molecule has 0 amide bonds. The molecule has 0 unspecified atom stereocenters. The van der Waals surface area contributed by atoms with Gasteiger partial charge in [-0.2, -0.15) is 8.42 Å². The number of hydrogen-bond donors (Lipinski definition) is 2. The van der Waals surface area contributed by atoms with Crippen LogP contribution < -0.4 is 0 Å². The lowest BCUT2D eigenvalue weighted by atomic mass is 9.99. The number of phenolic OH excluding ortho intramolecular Hbond substituents is 1. The number of fused-ring (bicyclic) bond motifs is 1. The number of phenols is 1. The predicted octanol–water partition coefficient (Wildman–Crippen LogP) is 2.80. The quantitative estimate of drug-likeness (QED) is 0.706. The topological polar surface area (TPSA) is 105 Å². The highest BCUT2D eigenvalue weighted by atomic mass is 32.2. The van der Waals surface area contributed by atoms with E-state index in [1.165, 1.54) is 23.0 Å². The summed E-state index contributed by atoms with van der Waals surface area (Å²) in [7, 11) is -4.31. The van der Waals surface area contributed by atoms with E-state index in [4.69, 9.17) is 4.55 Å². The van der Waals surface area contributed by atoms with E-state index < -0.39 is 10.1 Å². The zero-order valence-corrected chi connectivity index (χ0v) is 14.2. The van der Waals surface area contributed by atoms with Gasteiger partial charge >= 0.3 is 0 Å². The Labute approximate surface area is 139 Å². The molecule has 1 heterocycles. The van der Waals surface area contributed by atoms with Crippen LogP contribution in [0.15, 0.2) is 35.2 Å². The van der Waals surface area contributed by atoms with Crippen molar-refractivity contribution in [3.8, 4) is 11.4 Å². The van der Waals surface area contributed by atoms with Crippen LogP contribution in [0.25, 0.3) is 16.7 Å². The van der Waals surface area contributed by atoms with Gasteiger partial charge in [-0.15, -0.1) is 15.0 Å². The van der Waals surface area contributed by atoms with Crippen molar-refractivity contribution in [3.63, 3.8) is 0 Å². The number of hydrogen-bond acceptors (Lipinski definition) is 5. The first kappa shape index (κ1) is 16.4. The summed E-state index contributed by atoms with van der Waals surface area (Å²) in [6.45, 7) is 5.86. The maximum absolute atomic E-state index is 11.2. The van der Waals surface area contributed by atoms with E-state index in [9.17, 15) is 13.5 Å². The van der Waals surface area contributed by atoms with Crippen molar-refractivity contribution in [2.75, 3.05) is 0 Å². The molecule has 0 saturated carbocycles. The second kappa shape index (κ2) is 5.57. The molecule has 0 aliphatic carbocycles. The van der Waals surface area contributed by atoms with E-state index in [1.807, 2.05) is 26.8 Å². The van der Waals surface area contributed by atoms with Gasteiger partial charge in [-0.25, -0.2) is 0 Å². The van der Waals surface area contributed by atoms with Crippen LogP contribution >= 0.6 is 0 Å². The van der Waals surface area contributed by atoms with Gasteiger partial charge in [0.1, 0.15) is 22.5 Å². The number of aromatic nitrogens is 3. The summed E-state index contributed by atoms with van der Waals surface area (Å²) in [4.78, 5) is 1.02. The van der Waals surface area contributed by atoms with Crippen molar-refractivity contribution in [2.45, 2.75) is 31.6 Å². The van der Waals surface area contributed by atoms with Gasteiger partial charge in [-0.3, -0.25) is 4.55 Å². The van der Waals surface area contributed by atoms with Crippen LogP contribution in [-0.4, -0.2) is 33.1 Å². The number of aromatic hydroxyl groups is 1. The van der Waals surface area contributed by atoms with Gasteiger partial charge < -0.3 is 5.11 Å². The van der Waals surface area contributed by atoms with Crippen LogP contribution in [-0.2, 0) is 10.1 Å². The molecule has 8 heteroatoms. The normalized spacial score (nSPS) is 12.2. The highest BCUT2D eigenvalue weighted by Crippen LogP contribution is 2.32. The Bertz CT molecular complexity index is 1040. The van der Waals surface area contributed by atoms with Gasteiger partial charge in [0, 0.05) is 0 Å². The van der Waals surface area contributed by atoms with Crippen LogP contribution in [0.1, 0.15) is 30.9 Å². The molecule has 0 spiro atoms. The monoisotopic (exact) mass is 347 g/mol. The molecule has 3 aromatic rings. The number of aryl methyl sites for hydroxylation is 1. The van der Waals surface area contributed by atoms with Crippen molar-refractivity contribution in [1.29, 1.82) is 0 Å². The van der Waals surface area contributed by atoms with Crippen molar-refractivity contribution >= 4 is 21.2 Å². The fourth-order valence-electron chi connectivity index (χ4n) is 2.54. The van der Waals surface area contributed by atoms with Crippen LogP contribution in [0, 0.1) is 6.92 Å². The van der Waals surface area contributed by atoms with Crippen molar-refractivity contribution < 1.29 is 18.1 Å². The van der Waals surface area contributed by atoms with Gasteiger partial charge in [0.25, 0.3) is 10.1 Å². The maximum atomic E-state index is 11.2. The maximum Gasteiger partial charge on any atom is 0.294 e. The number of nitrogens with zero attached hydrogens (tertiary/aromatic N) is 3. The van der Waals surface area contributed by atoms with Crippen molar-refractivity contribution in [1.82, 2.24) is 15.0 Å². The molecule has 126 valence electrons. The van der Waals surface area contributed by atoms with Crippen LogP contribution in [0.4, 0.5) is 0 Å². The predicted molar refractivity (Wildman–Crippen MR) is 89.2 cm³/mol. The van der Waals surface area contributed by atoms with E-state index in [0.29, 0.717) is 16.7 Å². The van der Waals surface area contributed by atoms with Gasteiger partial charge in [0.15, 0.2) is 0 Å². The van der Waals surface area contributed by atoms with E-state index in [-0.39, 0.29) is 16.6 Å². The smallest absolute Gasteiger partial charge is 0.294 e. The fourth-order valence-corrected chi connectivity index (χ4v) is 3.04. The summed E-state index contributed by atoms with van der Waals surface area (Å²) in [6, 6.07) is 7.61. The first-order chi connectivity index (χ1) is 11.2. The highest BCUT2D eigenvalue weighted by molar-refractivity contribution is 7.85. The lowest BCUT2D eigenvalue weighted by molar-refractivity contribution is 0.457. The van der Waals surface area contributed by atoms with Gasteiger partial charge in [-0.1, -0.05) is 19.9 Å². The van der Waals surface area contributed by atoms with Crippen LogP contribution in [0.3, 0.4) is 0 Å². The largest absolute Gasteiger partial charge is 0.505 e. The Kier molecular flexibility index (Phi) is 3.81. The Morgan fingerprint density at radius 2 is 1.75 bits per heavy atom. The van der Waals surface area contributed by atoms with Gasteiger partial charge in [-0.05, 0) is 48.2 Å². The minimum Gasteiger partial charge on any atom is -0.505 e. The lowest BCUT2D eigenvalue weighted by Gasteiger charge is -2.13. The van der Waals surface area contributed by atoms with Crippen molar-refractivity contribution in [3.05, 3.63) is 41.5 Å². The summed E-state index contributed by atoms with van der Waals surface area (Å²) < 4.78 is 31.6. The summed E-state index contributed by atoms with van der Waals surface area (Å²) in [6.07, 6.45) is 0. The van der Waals surface area contributed by atoms with E-state index >= 15 is 0 Å². The van der Waals surface area contributed by atoms with Crippen molar-refractivity contribution in [2.24, 2.45) is 0 Å². The van der Waals surface area contributed by atoms with E-state index in [1.54, 1.807) is 6.07 Å². The zero-order valence-electron chi connectivity index (χ0n) is 13.4.